The number of hydrogen-bond acceptors (Lipinski definition) is 3. The molecule has 20 heavy (non-hydrogen) atoms. The summed E-state index contributed by atoms with van der Waals surface area (Å²) >= 11 is 1.95. The van der Waals surface area contributed by atoms with Crippen molar-refractivity contribution in [3.63, 3.8) is 0 Å². The highest BCUT2D eigenvalue weighted by molar-refractivity contribution is 7.98. The SMILES string of the molecule is CSCCCCCNCc1ccc2c(c1)CCCN2C. The molecule has 0 bridgehead atoms. The van der Waals surface area contributed by atoms with E-state index in [0.29, 0.717) is 0 Å². The van der Waals surface area contributed by atoms with E-state index >= 15 is 0 Å². The number of fused-ring (bicyclic) bond motifs is 1. The predicted molar refractivity (Wildman–Crippen MR) is 92.0 cm³/mol. The Morgan fingerprint density at radius 3 is 3.00 bits per heavy atom. The molecule has 1 aromatic carbocycles. The van der Waals surface area contributed by atoms with Gasteiger partial charge in [-0.2, -0.15) is 11.8 Å². The van der Waals surface area contributed by atoms with Gasteiger partial charge < -0.3 is 10.2 Å². The van der Waals surface area contributed by atoms with Crippen molar-refractivity contribution in [1.82, 2.24) is 5.32 Å². The highest BCUT2D eigenvalue weighted by atomic mass is 32.2. The molecule has 0 atom stereocenters. The number of unbranched alkanes of at least 4 members (excludes halogenated alkanes) is 2. The van der Waals surface area contributed by atoms with Crippen LogP contribution in [0, 0.1) is 0 Å². The fraction of sp³-hybridized carbons (Fsp3) is 0.647. The smallest absolute Gasteiger partial charge is 0.0396 e. The molecule has 0 radical (unpaired) electrons. The molecule has 0 spiro atoms. The number of thioether (sulfide) groups is 1. The summed E-state index contributed by atoms with van der Waals surface area (Å²) in [6.07, 6.45) is 8.72. The Morgan fingerprint density at radius 1 is 1.25 bits per heavy atom. The summed E-state index contributed by atoms with van der Waals surface area (Å²) in [6, 6.07) is 6.97. The fourth-order valence-electron chi connectivity index (χ4n) is 2.85. The minimum absolute atomic E-state index is 1.01. The quantitative estimate of drug-likeness (QED) is 0.736. The molecule has 0 saturated carbocycles. The van der Waals surface area contributed by atoms with E-state index in [1.807, 2.05) is 11.8 Å². The largest absolute Gasteiger partial charge is 0.374 e. The first kappa shape index (κ1) is 15.7. The van der Waals surface area contributed by atoms with Crippen molar-refractivity contribution in [2.45, 2.75) is 38.6 Å². The van der Waals surface area contributed by atoms with Crippen LogP contribution in [-0.2, 0) is 13.0 Å². The van der Waals surface area contributed by atoms with Crippen LogP contribution < -0.4 is 10.2 Å². The van der Waals surface area contributed by atoms with Gasteiger partial charge in [0, 0.05) is 25.8 Å². The van der Waals surface area contributed by atoms with Crippen molar-refractivity contribution in [3.8, 4) is 0 Å². The van der Waals surface area contributed by atoms with Gasteiger partial charge >= 0.3 is 0 Å². The Hall–Kier alpha value is -0.670. The molecular weight excluding hydrogens is 264 g/mol. The van der Waals surface area contributed by atoms with Gasteiger partial charge in [-0.25, -0.2) is 0 Å². The molecule has 1 N–H and O–H groups in total. The molecule has 112 valence electrons. The molecule has 1 aliphatic heterocycles. The highest BCUT2D eigenvalue weighted by Gasteiger charge is 2.13. The van der Waals surface area contributed by atoms with E-state index in [4.69, 9.17) is 0 Å². The molecule has 0 amide bonds. The molecule has 0 aliphatic carbocycles. The third kappa shape index (κ3) is 4.71. The highest BCUT2D eigenvalue weighted by Crippen LogP contribution is 2.26. The van der Waals surface area contributed by atoms with Gasteiger partial charge in [-0.15, -0.1) is 0 Å². The molecule has 0 saturated heterocycles. The lowest BCUT2D eigenvalue weighted by molar-refractivity contribution is 0.618. The van der Waals surface area contributed by atoms with E-state index in [0.717, 1.165) is 13.1 Å². The molecule has 2 rings (SSSR count). The summed E-state index contributed by atoms with van der Waals surface area (Å²) in [5.41, 5.74) is 4.39. The number of rotatable bonds is 8. The number of nitrogens with one attached hydrogen (secondary N) is 1. The van der Waals surface area contributed by atoms with Crippen LogP contribution in [0.4, 0.5) is 5.69 Å². The zero-order valence-electron chi connectivity index (χ0n) is 13.0. The lowest BCUT2D eigenvalue weighted by Crippen LogP contribution is -2.25. The van der Waals surface area contributed by atoms with Crippen molar-refractivity contribution < 1.29 is 0 Å². The summed E-state index contributed by atoms with van der Waals surface area (Å²) in [5, 5.41) is 3.58. The van der Waals surface area contributed by atoms with Gasteiger partial charge in [-0.3, -0.25) is 0 Å². The van der Waals surface area contributed by atoms with E-state index < -0.39 is 0 Å². The molecule has 1 aliphatic rings. The first-order valence-corrected chi connectivity index (χ1v) is 9.23. The van der Waals surface area contributed by atoms with Crippen LogP contribution in [0.15, 0.2) is 18.2 Å². The Labute approximate surface area is 128 Å². The van der Waals surface area contributed by atoms with Gasteiger partial charge in [0.25, 0.3) is 0 Å². The molecule has 1 heterocycles. The predicted octanol–water partition coefficient (Wildman–Crippen LogP) is 3.69. The number of hydrogen-bond donors (Lipinski definition) is 1. The Morgan fingerprint density at radius 2 is 2.15 bits per heavy atom. The second-order valence-corrected chi connectivity index (χ2v) is 6.70. The van der Waals surface area contributed by atoms with Gasteiger partial charge in [-0.1, -0.05) is 18.6 Å². The van der Waals surface area contributed by atoms with Crippen molar-refractivity contribution in [2.75, 3.05) is 37.0 Å². The summed E-state index contributed by atoms with van der Waals surface area (Å²) < 4.78 is 0. The number of anilines is 1. The first-order valence-electron chi connectivity index (χ1n) is 7.84. The van der Waals surface area contributed by atoms with Gasteiger partial charge in [0.2, 0.25) is 0 Å². The lowest BCUT2D eigenvalue weighted by atomic mass is 9.99. The maximum absolute atomic E-state index is 3.58. The van der Waals surface area contributed by atoms with Gasteiger partial charge in [0.15, 0.2) is 0 Å². The zero-order chi connectivity index (χ0) is 14.2. The number of benzene rings is 1. The second-order valence-electron chi connectivity index (χ2n) is 5.72. The van der Waals surface area contributed by atoms with Crippen LogP contribution in [0.2, 0.25) is 0 Å². The van der Waals surface area contributed by atoms with Crippen LogP contribution in [0.5, 0.6) is 0 Å². The number of nitrogens with zero attached hydrogens (tertiary/aromatic N) is 1. The molecular formula is C17H28N2S. The van der Waals surface area contributed by atoms with E-state index in [9.17, 15) is 0 Å². The molecule has 2 nitrogen and oxygen atoms in total. The van der Waals surface area contributed by atoms with Crippen LogP contribution >= 0.6 is 11.8 Å². The van der Waals surface area contributed by atoms with Gasteiger partial charge in [0.1, 0.15) is 0 Å². The summed E-state index contributed by atoms with van der Waals surface area (Å²) in [5.74, 6) is 1.30. The lowest BCUT2D eigenvalue weighted by Gasteiger charge is -2.27. The molecule has 0 unspecified atom stereocenters. The van der Waals surface area contributed by atoms with Crippen molar-refractivity contribution in [1.29, 1.82) is 0 Å². The monoisotopic (exact) mass is 292 g/mol. The van der Waals surface area contributed by atoms with Crippen molar-refractivity contribution >= 4 is 17.4 Å². The van der Waals surface area contributed by atoms with E-state index in [-0.39, 0.29) is 0 Å². The topological polar surface area (TPSA) is 15.3 Å². The summed E-state index contributed by atoms with van der Waals surface area (Å²) in [7, 11) is 2.20. The standard InChI is InChI=1S/C17H28N2S/c1-19-11-6-7-16-13-15(8-9-17(16)19)14-18-10-4-3-5-12-20-2/h8-9,13,18H,3-7,10-12,14H2,1-2H3. The summed E-state index contributed by atoms with van der Waals surface area (Å²) in [6.45, 7) is 3.35. The van der Waals surface area contributed by atoms with Crippen LogP contribution in [0.3, 0.4) is 0 Å². The Balaban J connectivity index is 1.71. The second kappa shape index (κ2) is 8.58. The molecule has 0 fully saturated rings. The number of aryl methyl sites for hydroxylation is 1. The maximum Gasteiger partial charge on any atom is 0.0396 e. The van der Waals surface area contributed by atoms with Crippen molar-refractivity contribution in [2.24, 2.45) is 0 Å². The maximum atomic E-state index is 3.58. The van der Waals surface area contributed by atoms with Gasteiger partial charge in [0.05, 0.1) is 0 Å². The fourth-order valence-corrected chi connectivity index (χ4v) is 3.35. The first-order chi connectivity index (χ1) is 9.81. The van der Waals surface area contributed by atoms with E-state index in [2.05, 4.69) is 41.7 Å². The minimum atomic E-state index is 1.01. The third-order valence-corrected chi connectivity index (χ3v) is 4.72. The average molecular weight is 292 g/mol. The molecule has 3 heteroatoms. The zero-order valence-corrected chi connectivity index (χ0v) is 13.8. The normalized spacial score (nSPS) is 14.4. The average Bonchev–Trinajstić information content (AvgIpc) is 2.46. The molecule has 0 aromatic heterocycles. The van der Waals surface area contributed by atoms with E-state index in [1.54, 1.807) is 0 Å². The molecule has 1 aromatic rings. The third-order valence-electron chi connectivity index (χ3n) is 4.03. The minimum Gasteiger partial charge on any atom is -0.374 e. The Kier molecular flexibility index (Phi) is 6.74. The van der Waals surface area contributed by atoms with Crippen LogP contribution in [0.1, 0.15) is 36.8 Å². The van der Waals surface area contributed by atoms with E-state index in [1.165, 1.54) is 61.2 Å². The van der Waals surface area contributed by atoms with Crippen LogP contribution in [0.25, 0.3) is 0 Å². The van der Waals surface area contributed by atoms with Crippen LogP contribution in [-0.4, -0.2) is 32.1 Å². The van der Waals surface area contributed by atoms with Crippen molar-refractivity contribution in [3.05, 3.63) is 29.3 Å². The Bertz CT molecular complexity index is 406. The van der Waals surface area contributed by atoms with Gasteiger partial charge in [-0.05, 0) is 61.4 Å². The summed E-state index contributed by atoms with van der Waals surface area (Å²) in [4.78, 5) is 2.38.